The first-order chi connectivity index (χ1) is 11.0. The highest BCUT2D eigenvalue weighted by Gasteiger charge is 1.96. The van der Waals surface area contributed by atoms with Crippen molar-refractivity contribution in [1.29, 1.82) is 0 Å². The van der Waals surface area contributed by atoms with Crippen LogP contribution in [0, 0.1) is 0 Å². The first-order valence-corrected chi connectivity index (χ1v) is 9.94. The molecule has 0 amide bonds. The van der Waals surface area contributed by atoms with Crippen LogP contribution in [-0.4, -0.2) is 22.3 Å². The van der Waals surface area contributed by atoms with E-state index in [4.69, 9.17) is 10.2 Å². The second kappa shape index (κ2) is 21.4. The Morgan fingerprint density at radius 1 is 0.739 bits per heavy atom. The van der Waals surface area contributed by atoms with Crippen molar-refractivity contribution in [1.82, 2.24) is 0 Å². The lowest BCUT2D eigenvalue weighted by Gasteiger charge is -2.01. The van der Waals surface area contributed by atoms with E-state index in [1.165, 1.54) is 70.6 Å². The summed E-state index contributed by atoms with van der Waals surface area (Å²) in [5.41, 5.74) is 0. The van der Waals surface area contributed by atoms with Gasteiger partial charge in [-0.05, 0) is 19.8 Å². The van der Waals surface area contributed by atoms with Crippen molar-refractivity contribution in [3.05, 3.63) is 0 Å². The minimum Gasteiger partial charge on any atom is -0.481 e. The maximum absolute atomic E-state index is 10.2. The molecule has 3 nitrogen and oxygen atoms in total. The van der Waals surface area contributed by atoms with E-state index in [0.717, 1.165) is 19.3 Å². The first kappa shape index (κ1) is 24.7. The zero-order valence-electron chi connectivity index (χ0n) is 16.0. The highest BCUT2D eigenvalue weighted by Crippen LogP contribution is 2.10. The zero-order chi connectivity index (χ0) is 17.8. The normalized spacial score (nSPS) is 11.7. The first-order valence-electron chi connectivity index (χ1n) is 9.94. The zero-order valence-corrected chi connectivity index (χ0v) is 16.0. The monoisotopic (exact) mass is 330 g/mol. The predicted molar refractivity (Wildman–Crippen MR) is 99.9 cm³/mol. The van der Waals surface area contributed by atoms with Crippen molar-refractivity contribution in [3.63, 3.8) is 0 Å². The second-order valence-electron chi connectivity index (χ2n) is 6.67. The fourth-order valence-electron chi connectivity index (χ4n) is 2.45. The second-order valence-corrected chi connectivity index (χ2v) is 6.67. The van der Waals surface area contributed by atoms with Gasteiger partial charge in [-0.1, -0.05) is 90.9 Å². The number of unbranched alkanes of at least 4 members (excludes halogenated alkanes) is 11. The van der Waals surface area contributed by atoms with Gasteiger partial charge in [-0.15, -0.1) is 0 Å². The summed E-state index contributed by atoms with van der Waals surface area (Å²) < 4.78 is 0. The average molecular weight is 331 g/mol. The minimum atomic E-state index is -0.659. The Bertz CT molecular complexity index is 227. The van der Waals surface area contributed by atoms with Gasteiger partial charge in [-0.25, -0.2) is 0 Å². The molecule has 0 saturated carbocycles. The maximum atomic E-state index is 10.2. The van der Waals surface area contributed by atoms with Gasteiger partial charge in [-0.2, -0.15) is 0 Å². The topological polar surface area (TPSA) is 57.5 Å². The Labute approximate surface area is 144 Å². The largest absolute Gasteiger partial charge is 0.481 e. The third-order valence-electron chi connectivity index (χ3n) is 3.97. The predicted octanol–water partition coefficient (Wildman–Crippen LogP) is 6.33. The molecule has 0 heterocycles. The van der Waals surface area contributed by atoms with Crippen LogP contribution in [0.4, 0.5) is 0 Å². The molecule has 0 aromatic rings. The average Bonchev–Trinajstić information content (AvgIpc) is 2.50. The third kappa shape index (κ3) is 30.0. The summed E-state index contributed by atoms with van der Waals surface area (Å²) in [5, 5.41) is 17.3. The number of aliphatic hydroxyl groups excluding tert-OH is 1. The molecule has 2 N–H and O–H groups in total. The van der Waals surface area contributed by atoms with Crippen molar-refractivity contribution < 1.29 is 15.0 Å². The lowest BCUT2D eigenvalue weighted by atomic mass is 10.1. The Morgan fingerprint density at radius 3 is 1.52 bits per heavy atom. The quantitative estimate of drug-likeness (QED) is 0.345. The van der Waals surface area contributed by atoms with Crippen molar-refractivity contribution in [3.8, 4) is 0 Å². The summed E-state index contributed by atoms with van der Waals surface area (Å²) >= 11 is 0. The summed E-state index contributed by atoms with van der Waals surface area (Å²) in [6, 6.07) is 0. The molecule has 0 aromatic heterocycles. The molecule has 1 atom stereocenters. The molecule has 0 aliphatic heterocycles. The Kier molecular flexibility index (Phi) is 23.0. The molecule has 23 heavy (non-hydrogen) atoms. The molecule has 3 heteroatoms. The molecular formula is C20H42O3. The van der Waals surface area contributed by atoms with Gasteiger partial charge in [-0.3, -0.25) is 4.79 Å². The van der Waals surface area contributed by atoms with E-state index < -0.39 is 5.97 Å². The fourth-order valence-corrected chi connectivity index (χ4v) is 2.45. The van der Waals surface area contributed by atoms with Gasteiger partial charge < -0.3 is 10.2 Å². The van der Waals surface area contributed by atoms with Gasteiger partial charge in [0.1, 0.15) is 0 Å². The van der Waals surface area contributed by atoms with Crippen LogP contribution in [0.3, 0.4) is 0 Å². The van der Waals surface area contributed by atoms with Gasteiger partial charge in [0.2, 0.25) is 0 Å². The Morgan fingerprint density at radius 2 is 1.13 bits per heavy atom. The summed E-state index contributed by atoms with van der Waals surface area (Å²) in [5.74, 6) is -0.659. The lowest BCUT2D eigenvalue weighted by Crippen LogP contribution is -1.97. The van der Waals surface area contributed by atoms with Crippen LogP contribution in [0.15, 0.2) is 0 Å². The van der Waals surface area contributed by atoms with Crippen LogP contribution in [0.25, 0.3) is 0 Å². The molecule has 0 bridgehead atoms. The molecule has 1 unspecified atom stereocenters. The number of aliphatic hydroxyl groups is 1. The molecule has 0 saturated heterocycles. The SMILES string of the molecule is CCCCCCC(C)O.CCCCCCCCCCCC(=O)O. The number of hydrogen-bond donors (Lipinski definition) is 2. The molecular weight excluding hydrogens is 288 g/mol. The van der Waals surface area contributed by atoms with Gasteiger partial charge in [0.15, 0.2) is 0 Å². The lowest BCUT2D eigenvalue weighted by molar-refractivity contribution is -0.137. The molecule has 0 fully saturated rings. The van der Waals surface area contributed by atoms with E-state index >= 15 is 0 Å². The molecule has 0 radical (unpaired) electrons. The van der Waals surface area contributed by atoms with Gasteiger partial charge >= 0.3 is 5.97 Å². The van der Waals surface area contributed by atoms with Crippen molar-refractivity contribution in [2.24, 2.45) is 0 Å². The van der Waals surface area contributed by atoms with Crippen LogP contribution in [0.5, 0.6) is 0 Å². The van der Waals surface area contributed by atoms with Crippen LogP contribution >= 0.6 is 0 Å². The van der Waals surface area contributed by atoms with Gasteiger partial charge in [0, 0.05) is 6.42 Å². The fraction of sp³-hybridized carbons (Fsp3) is 0.950. The number of carbonyl (C=O) groups is 1. The Hall–Kier alpha value is -0.570. The molecule has 0 aromatic carbocycles. The number of rotatable bonds is 15. The smallest absolute Gasteiger partial charge is 0.303 e. The molecule has 0 spiro atoms. The van der Waals surface area contributed by atoms with E-state index in [-0.39, 0.29) is 6.10 Å². The molecule has 0 aliphatic rings. The Balaban J connectivity index is 0. The molecule has 140 valence electrons. The standard InChI is InChI=1S/C12H24O2.C8H18O/c1-2-3-4-5-6-7-8-9-10-11-12(13)14;1-3-4-5-6-7-8(2)9/h2-11H2,1H3,(H,13,14);8-9H,3-7H2,1-2H3. The third-order valence-corrected chi connectivity index (χ3v) is 3.97. The highest BCUT2D eigenvalue weighted by atomic mass is 16.4. The van der Waals surface area contributed by atoms with Crippen molar-refractivity contribution in [2.75, 3.05) is 0 Å². The van der Waals surface area contributed by atoms with Crippen LogP contribution in [-0.2, 0) is 4.79 Å². The van der Waals surface area contributed by atoms with Crippen LogP contribution < -0.4 is 0 Å². The number of carboxylic acids is 1. The number of carboxylic acid groups (broad SMARTS) is 1. The minimum absolute atomic E-state index is 0.0955. The van der Waals surface area contributed by atoms with Gasteiger partial charge in [0.05, 0.1) is 6.10 Å². The van der Waals surface area contributed by atoms with Crippen molar-refractivity contribution in [2.45, 2.75) is 123 Å². The van der Waals surface area contributed by atoms with E-state index in [1.807, 2.05) is 6.92 Å². The van der Waals surface area contributed by atoms with Crippen LogP contribution in [0.2, 0.25) is 0 Å². The van der Waals surface area contributed by atoms with E-state index in [9.17, 15) is 4.79 Å². The van der Waals surface area contributed by atoms with Crippen LogP contribution in [0.1, 0.15) is 117 Å². The molecule has 0 rings (SSSR count). The van der Waals surface area contributed by atoms with Crippen molar-refractivity contribution >= 4 is 5.97 Å². The number of hydrogen-bond acceptors (Lipinski definition) is 2. The summed E-state index contributed by atoms with van der Waals surface area (Å²) in [7, 11) is 0. The summed E-state index contributed by atoms with van der Waals surface area (Å²) in [6.45, 7) is 6.28. The molecule has 0 aliphatic carbocycles. The van der Waals surface area contributed by atoms with E-state index in [0.29, 0.717) is 6.42 Å². The van der Waals surface area contributed by atoms with Gasteiger partial charge in [0.25, 0.3) is 0 Å². The maximum Gasteiger partial charge on any atom is 0.303 e. The summed E-state index contributed by atoms with van der Waals surface area (Å²) in [6.07, 6.45) is 17.4. The summed E-state index contributed by atoms with van der Waals surface area (Å²) in [4.78, 5) is 10.2. The van der Waals surface area contributed by atoms with E-state index in [1.54, 1.807) is 0 Å². The highest BCUT2D eigenvalue weighted by molar-refractivity contribution is 5.66. The van der Waals surface area contributed by atoms with E-state index in [2.05, 4.69) is 13.8 Å². The number of aliphatic carboxylic acids is 1.